The Kier molecular flexibility index (Phi) is 3.96. The summed E-state index contributed by atoms with van der Waals surface area (Å²) < 4.78 is 7.26. The van der Waals surface area contributed by atoms with E-state index >= 15 is 0 Å². The van der Waals surface area contributed by atoms with Crippen molar-refractivity contribution in [1.29, 1.82) is 0 Å². The number of nitro benzene ring substituents is 1. The molecule has 3 rings (SSSR count). The number of benzene rings is 2. The zero-order valence-electron chi connectivity index (χ0n) is 12.3. The van der Waals surface area contributed by atoms with Gasteiger partial charge >= 0.3 is 0 Å². The molecule has 0 aliphatic carbocycles. The highest BCUT2D eigenvalue weighted by Gasteiger charge is 2.13. The molecule has 0 amide bonds. The number of tetrazole rings is 1. The average molecular weight is 311 g/mol. The minimum atomic E-state index is -0.392. The predicted molar refractivity (Wildman–Crippen MR) is 81.3 cm³/mol. The molecule has 0 bridgehead atoms. The van der Waals surface area contributed by atoms with Gasteiger partial charge in [0.1, 0.15) is 18.7 Å². The highest BCUT2D eigenvalue weighted by molar-refractivity contribution is 5.44. The molecule has 0 saturated carbocycles. The fourth-order valence-corrected chi connectivity index (χ4v) is 2.18. The number of aromatic nitrogens is 4. The molecule has 0 spiro atoms. The quantitative estimate of drug-likeness (QED) is 0.530. The van der Waals surface area contributed by atoms with Crippen molar-refractivity contribution < 1.29 is 9.66 Å². The number of hydrogen-bond acceptors (Lipinski definition) is 6. The molecule has 0 saturated heterocycles. The van der Waals surface area contributed by atoms with E-state index in [-0.39, 0.29) is 12.3 Å². The molecule has 2 aromatic carbocycles. The molecule has 1 heterocycles. The molecule has 0 atom stereocenters. The zero-order chi connectivity index (χ0) is 16.2. The summed E-state index contributed by atoms with van der Waals surface area (Å²) in [6.45, 7) is 1.96. The van der Waals surface area contributed by atoms with Crippen molar-refractivity contribution in [3.05, 3.63) is 70.0 Å². The lowest BCUT2D eigenvalue weighted by atomic mass is 10.1. The van der Waals surface area contributed by atoms with Crippen molar-refractivity contribution in [2.24, 2.45) is 0 Å². The molecule has 0 aliphatic heterocycles. The van der Waals surface area contributed by atoms with Crippen molar-refractivity contribution in [3.8, 4) is 11.4 Å². The van der Waals surface area contributed by atoms with Crippen molar-refractivity contribution in [3.63, 3.8) is 0 Å². The van der Waals surface area contributed by atoms with Gasteiger partial charge in [0, 0.05) is 17.7 Å². The maximum absolute atomic E-state index is 11.0. The molecule has 8 nitrogen and oxygen atoms in total. The summed E-state index contributed by atoms with van der Waals surface area (Å²) in [5, 5.41) is 22.0. The van der Waals surface area contributed by atoms with Crippen LogP contribution >= 0.6 is 0 Å². The van der Waals surface area contributed by atoms with E-state index in [1.165, 1.54) is 17.1 Å². The maximum atomic E-state index is 11.0. The van der Waals surface area contributed by atoms with Gasteiger partial charge in [-0.3, -0.25) is 10.1 Å². The molecule has 23 heavy (non-hydrogen) atoms. The number of nitro groups is 1. The molecular weight excluding hydrogens is 298 g/mol. The van der Waals surface area contributed by atoms with Crippen molar-refractivity contribution in [2.45, 2.75) is 13.5 Å². The topological polar surface area (TPSA) is 96.0 Å². The van der Waals surface area contributed by atoms with Crippen molar-refractivity contribution >= 4 is 5.69 Å². The van der Waals surface area contributed by atoms with Crippen LogP contribution in [0, 0.1) is 17.0 Å². The Morgan fingerprint density at radius 1 is 1.26 bits per heavy atom. The van der Waals surface area contributed by atoms with Gasteiger partial charge in [-0.1, -0.05) is 18.2 Å². The Bertz CT molecular complexity index is 833. The molecule has 0 radical (unpaired) electrons. The Labute approximate surface area is 131 Å². The van der Waals surface area contributed by atoms with Gasteiger partial charge in [0.2, 0.25) is 0 Å². The van der Waals surface area contributed by atoms with Crippen LogP contribution in [-0.2, 0) is 6.61 Å². The Morgan fingerprint density at radius 3 is 2.83 bits per heavy atom. The van der Waals surface area contributed by atoms with Gasteiger partial charge in [-0.25, -0.2) is 4.68 Å². The number of nitrogens with zero attached hydrogens (tertiary/aromatic N) is 5. The molecule has 3 aromatic rings. The van der Waals surface area contributed by atoms with Crippen LogP contribution in [0.4, 0.5) is 5.69 Å². The molecule has 1 aromatic heterocycles. The van der Waals surface area contributed by atoms with Gasteiger partial charge in [0.05, 0.1) is 10.6 Å². The fraction of sp³-hybridized carbons (Fsp3) is 0.133. The van der Waals surface area contributed by atoms with Gasteiger partial charge in [-0.15, -0.1) is 5.10 Å². The van der Waals surface area contributed by atoms with Crippen LogP contribution < -0.4 is 4.74 Å². The molecule has 116 valence electrons. The third-order valence-corrected chi connectivity index (χ3v) is 3.44. The third kappa shape index (κ3) is 3.15. The smallest absolute Gasteiger partial charge is 0.272 e. The van der Waals surface area contributed by atoms with Crippen molar-refractivity contribution in [1.82, 2.24) is 20.2 Å². The van der Waals surface area contributed by atoms with Crippen LogP contribution in [0.15, 0.2) is 48.8 Å². The Morgan fingerprint density at radius 2 is 2.09 bits per heavy atom. The highest BCUT2D eigenvalue weighted by atomic mass is 16.6. The van der Waals surface area contributed by atoms with E-state index in [1.54, 1.807) is 25.1 Å². The highest BCUT2D eigenvalue weighted by Crippen LogP contribution is 2.23. The fourth-order valence-electron chi connectivity index (χ4n) is 2.18. The molecular formula is C15H13N5O3. The average Bonchev–Trinajstić information content (AvgIpc) is 3.08. The second-order valence-corrected chi connectivity index (χ2v) is 4.86. The van der Waals surface area contributed by atoms with E-state index in [0.29, 0.717) is 11.3 Å². The van der Waals surface area contributed by atoms with Gasteiger partial charge < -0.3 is 4.74 Å². The summed E-state index contributed by atoms with van der Waals surface area (Å²) in [7, 11) is 0. The lowest BCUT2D eigenvalue weighted by Crippen LogP contribution is -2.02. The lowest BCUT2D eigenvalue weighted by molar-refractivity contribution is -0.385. The summed E-state index contributed by atoms with van der Waals surface area (Å²) in [5.41, 5.74) is 2.23. The first-order valence-electron chi connectivity index (χ1n) is 6.84. The first kappa shape index (κ1) is 14.6. The van der Waals surface area contributed by atoms with Crippen LogP contribution in [0.25, 0.3) is 5.69 Å². The van der Waals surface area contributed by atoms with E-state index in [0.717, 1.165) is 11.3 Å². The monoisotopic (exact) mass is 311 g/mol. The Hall–Kier alpha value is -3.29. The van der Waals surface area contributed by atoms with Crippen LogP contribution in [0.2, 0.25) is 0 Å². The number of ether oxygens (including phenoxy) is 1. The van der Waals surface area contributed by atoms with Gasteiger partial charge in [0.25, 0.3) is 5.69 Å². The first-order chi connectivity index (χ1) is 11.1. The second-order valence-electron chi connectivity index (χ2n) is 4.86. The Balaban J connectivity index is 1.78. The van der Waals surface area contributed by atoms with E-state index in [1.807, 2.05) is 18.2 Å². The molecule has 0 aliphatic rings. The zero-order valence-corrected chi connectivity index (χ0v) is 12.3. The van der Waals surface area contributed by atoms with Crippen LogP contribution in [-0.4, -0.2) is 25.1 Å². The van der Waals surface area contributed by atoms with Gasteiger partial charge in [-0.05, 0) is 35.0 Å². The standard InChI is InChI=1S/C15H13N5O3/c1-11-12(4-2-7-15(11)20(21)22)9-23-14-6-3-5-13(8-14)19-10-16-17-18-19/h2-8,10H,9H2,1H3. The van der Waals surface area contributed by atoms with Crippen molar-refractivity contribution in [2.75, 3.05) is 0 Å². The normalized spacial score (nSPS) is 10.5. The minimum absolute atomic E-state index is 0.0912. The largest absolute Gasteiger partial charge is 0.489 e. The SMILES string of the molecule is Cc1c(COc2cccc(-n3cnnn3)c2)cccc1[N+](=O)[O-]. The van der Waals surface area contributed by atoms with Crippen LogP contribution in [0.3, 0.4) is 0 Å². The van der Waals surface area contributed by atoms with Crippen LogP contribution in [0.1, 0.15) is 11.1 Å². The molecule has 0 N–H and O–H groups in total. The molecule has 0 fully saturated rings. The molecule has 0 unspecified atom stereocenters. The van der Waals surface area contributed by atoms with E-state index in [9.17, 15) is 10.1 Å². The lowest BCUT2D eigenvalue weighted by Gasteiger charge is -2.10. The predicted octanol–water partition coefficient (Wildman–Crippen LogP) is 2.46. The minimum Gasteiger partial charge on any atom is -0.489 e. The van der Waals surface area contributed by atoms with Crippen LogP contribution in [0.5, 0.6) is 5.75 Å². The van der Waals surface area contributed by atoms with E-state index in [2.05, 4.69) is 15.5 Å². The third-order valence-electron chi connectivity index (χ3n) is 3.44. The summed E-state index contributed by atoms with van der Waals surface area (Å²) >= 11 is 0. The van der Waals surface area contributed by atoms with E-state index in [4.69, 9.17) is 4.74 Å². The van der Waals surface area contributed by atoms with E-state index < -0.39 is 4.92 Å². The maximum Gasteiger partial charge on any atom is 0.272 e. The summed E-state index contributed by atoms with van der Waals surface area (Å²) in [5.74, 6) is 0.629. The number of hydrogen-bond donors (Lipinski definition) is 0. The summed E-state index contributed by atoms with van der Waals surface area (Å²) in [6.07, 6.45) is 1.49. The van der Waals surface area contributed by atoms with Gasteiger partial charge in [-0.2, -0.15) is 0 Å². The number of rotatable bonds is 5. The molecule has 8 heteroatoms. The first-order valence-corrected chi connectivity index (χ1v) is 6.84. The summed E-state index contributed by atoms with van der Waals surface area (Å²) in [4.78, 5) is 10.6. The summed E-state index contributed by atoms with van der Waals surface area (Å²) in [6, 6.07) is 12.2. The second kappa shape index (κ2) is 6.22. The van der Waals surface area contributed by atoms with Gasteiger partial charge in [0.15, 0.2) is 0 Å².